The molecule has 5 heteroatoms. The van der Waals surface area contributed by atoms with Crippen molar-refractivity contribution in [2.24, 2.45) is 5.73 Å². The minimum atomic E-state index is 0.318. The molecular formula is C14H20N4O. The molecule has 0 atom stereocenters. The first-order chi connectivity index (χ1) is 9.10. The van der Waals surface area contributed by atoms with Crippen LogP contribution in [0.3, 0.4) is 0 Å². The van der Waals surface area contributed by atoms with E-state index in [9.17, 15) is 0 Å². The van der Waals surface area contributed by atoms with E-state index in [0.717, 1.165) is 17.5 Å². The number of nitrogens with zero attached hydrogens (tertiary/aromatic N) is 3. The fourth-order valence-electron chi connectivity index (χ4n) is 1.80. The average Bonchev–Trinajstić information content (AvgIpc) is 2.82. The van der Waals surface area contributed by atoms with Crippen molar-refractivity contribution < 1.29 is 4.74 Å². The van der Waals surface area contributed by atoms with E-state index in [0.29, 0.717) is 24.2 Å². The van der Waals surface area contributed by atoms with Crippen molar-refractivity contribution in [3.63, 3.8) is 0 Å². The molecule has 5 nitrogen and oxygen atoms in total. The van der Waals surface area contributed by atoms with E-state index in [1.165, 1.54) is 0 Å². The lowest BCUT2D eigenvalue weighted by atomic mass is 10.1. The van der Waals surface area contributed by atoms with Crippen LogP contribution in [0.1, 0.15) is 31.0 Å². The highest BCUT2D eigenvalue weighted by Crippen LogP contribution is 2.23. The molecule has 0 radical (unpaired) electrons. The van der Waals surface area contributed by atoms with Crippen LogP contribution in [-0.2, 0) is 6.42 Å². The summed E-state index contributed by atoms with van der Waals surface area (Å²) in [6.45, 7) is 6.75. The Bertz CT molecular complexity index is 548. The van der Waals surface area contributed by atoms with Crippen LogP contribution in [0.4, 0.5) is 0 Å². The van der Waals surface area contributed by atoms with Gasteiger partial charge in [0.05, 0.1) is 12.4 Å². The van der Waals surface area contributed by atoms with Crippen LogP contribution < -0.4 is 10.5 Å². The number of nitrogens with two attached hydrogens (primary N) is 1. The van der Waals surface area contributed by atoms with Gasteiger partial charge in [0.25, 0.3) is 0 Å². The fraction of sp³-hybridized carbons (Fsp3) is 0.429. The van der Waals surface area contributed by atoms with Crippen molar-refractivity contribution in [2.45, 2.75) is 33.2 Å². The fourth-order valence-corrected chi connectivity index (χ4v) is 1.80. The average molecular weight is 260 g/mol. The highest BCUT2D eigenvalue weighted by molar-refractivity contribution is 5.32. The molecule has 0 amide bonds. The number of aromatic nitrogens is 3. The van der Waals surface area contributed by atoms with E-state index in [4.69, 9.17) is 10.5 Å². The van der Waals surface area contributed by atoms with Crippen molar-refractivity contribution in [2.75, 3.05) is 6.54 Å². The molecule has 2 heterocycles. The summed E-state index contributed by atoms with van der Waals surface area (Å²) in [5, 5.41) is 4.24. The lowest BCUT2D eigenvalue weighted by Gasteiger charge is -2.07. The molecule has 2 aromatic heterocycles. The van der Waals surface area contributed by atoms with Crippen molar-refractivity contribution in [1.29, 1.82) is 0 Å². The second-order valence-electron chi connectivity index (χ2n) is 4.86. The normalized spacial score (nSPS) is 11.0. The summed E-state index contributed by atoms with van der Waals surface area (Å²) in [6.07, 6.45) is 6.22. The first kappa shape index (κ1) is 13.5. The summed E-state index contributed by atoms with van der Waals surface area (Å²) in [5.41, 5.74) is 7.67. The molecule has 0 bridgehead atoms. The van der Waals surface area contributed by atoms with Gasteiger partial charge in [-0.15, -0.1) is 0 Å². The third kappa shape index (κ3) is 3.32. The molecule has 0 saturated heterocycles. The maximum absolute atomic E-state index is 5.75. The zero-order valence-corrected chi connectivity index (χ0v) is 11.6. The van der Waals surface area contributed by atoms with Gasteiger partial charge in [-0.2, -0.15) is 5.10 Å². The van der Waals surface area contributed by atoms with Crippen LogP contribution in [0.2, 0.25) is 0 Å². The first-order valence-corrected chi connectivity index (χ1v) is 6.47. The minimum absolute atomic E-state index is 0.318. The predicted octanol–water partition coefficient (Wildman–Crippen LogP) is 2.46. The largest absolute Gasteiger partial charge is 0.435 e. The Hall–Kier alpha value is -1.88. The molecule has 2 N–H and O–H groups in total. The molecular weight excluding hydrogens is 240 g/mol. The van der Waals surface area contributed by atoms with Crippen molar-refractivity contribution in [1.82, 2.24) is 14.8 Å². The Labute approximate surface area is 113 Å². The molecule has 0 aliphatic rings. The van der Waals surface area contributed by atoms with Crippen LogP contribution in [0.15, 0.2) is 24.7 Å². The summed E-state index contributed by atoms with van der Waals surface area (Å²) >= 11 is 0. The maximum Gasteiger partial charge on any atom is 0.222 e. The summed E-state index contributed by atoms with van der Waals surface area (Å²) in [5.74, 6) is 1.32. The topological polar surface area (TPSA) is 66.0 Å². The van der Waals surface area contributed by atoms with E-state index in [1.54, 1.807) is 6.20 Å². The van der Waals surface area contributed by atoms with Crippen molar-refractivity contribution in [3.05, 3.63) is 35.8 Å². The summed E-state index contributed by atoms with van der Waals surface area (Å²) in [4.78, 5) is 4.33. The van der Waals surface area contributed by atoms with E-state index in [-0.39, 0.29) is 0 Å². The molecule has 0 saturated carbocycles. The molecule has 102 valence electrons. The number of aryl methyl sites for hydroxylation is 1. The molecule has 2 aromatic rings. The number of hydrogen-bond acceptors (Lipinski definition) is 4. The van der Waals surface area contributed by atoms with Gasteiger partial charge in [-0.1, -0.05) is 0 Å². The van der Waals surface area contributed by atoms with Crippen LogP contribution in [0.5, 0.6) is 11.6 Å². The maximum atomic E-state index is 5.75. The van der Waals surface area contributed by atoms with Crippen LogP contribution in [0.25, 0.3) is 0 Å². The Kier molecular flexibility index (Phi) is 4.16. The molecule has 0 fully saturated rings. The Morgan fingerprint density at radius 3 is 2.74 bits per heavy atom. The summed E-state index contributed by atoms with van der Waals surface area (Å²) < 4.78 is 7.60. The molecule has 0 aliphatic carbocycles. The predicted molar refractivity (Wildman–Crippen MR) is 74.4 cm³/mol. The summed E-state index contributed by atoms with van der Waals surface area (Å²) in [7, 11) is 0. The zero-order chi connectivity index (χ0) is 13.8. The Morgan fingerprint density at radius 2 is 2.16 bits per heavy atom. The monoisotopic (exact) mass is 260 g/mol. The Balaban J connectivity index is 2.13. The zero-order valence-electron chi connectivity index (χ0n) is 11.6. The van der Waals surface area contributed by atoms with Crippen molar-refractivity contribution in [3.8, 4) is 11.6 Å². The van der Waals surface area contributed by atoms with E-state index < -0.39 is 0 Å². The molecule has 0 spiro atoms. The van der Waals surface area contributed by atoms with Crippen LogP contribution >= 0.6 is 0 Å². The highest BCUT2D eigenvalue weighted by Gasteiger charge is 2.07. The highest BCUT2D eigenvalue weighted by atomic mass is 16.5. The molecule has 0 unspecified atom stereocenters. The second kappa shape index (κ2) is 5.84. The molecule has 19 heavy (non-hydrogen) atoms. The smallest absolute Gasteiger partial charge is 0.222 e. The second-order valence-corrected chi connectivity index (χ2v) is 4.86. The van der Waals surface area contributed by atoms with Gasteiger partial charge in [-0.25, -0.2) is 4.98 Å². The number of ether oxygens (including phenoxy) is 1. The van der Waals surface area contributed by atoms with E-state index in [1.807, 2.05) is 24.0 Å². The van der Waals surface area contributed by atoms with Crippen LogP contribution in [0, 0.1) is 6.92 Å². The number of pyridine rings is 1. The minimum Gasteiger partial charge on any atom is -0.435 e. The van der Waals surface area contributed by atoms with Gasteiger partial charge in [-0.3, -0.25) is 4.68 Å². The first-order valence-electron chi connectivity index (χ1n) is 6.47. The summed E-state index contributed by atoms with van der Waals surface area (Å²) in [6, 6.07) is 2.38. The lowest BCUT2D eigenvalue weighted by molar-refractivity contribution is 0.455. The van der Waals surface area contributed by atoms with Gasteiger partial charge in [0.2, 0.25) is 5.88 Å². The SMILES string of the molecule is Cc1cc(CCN)cnc1Oc1cnn(C(C)C)c1. The molecule has 0 aromatic carbocycles. The van der Waals surface area contributed by atoms with E-state index >= 15 is 0 Å². The van der Waals surface area contributed by atoms with E-state index in [2.05, 4.69) is 30.0 Å². The number of hydrogen-bond donors (Lipinski definition) is 1. The third-order valence-electron chi connectivity index (χ3n) is 2.84. The van der Waals surface area contributed by atoms with Gasteiger partial charge in [-0.05, 0) is 45.4 Å². The quantitative estimate of drug-likeness (QED) is 0.896. The van der Waals surface area contributed by atoms with Crippen LogP contribution in [-0.4, -0.2) is 21.3 Å². The molecule has 0 aliphatic heterocycles. The van der Waals surface area contributed by atoms with Gasteiger partial charge in [0.1, 0.15) is 0 Å². The molecule has 2 rings (SSSR count). The van der Waals surface area contributed by atoms with Gasteiger partial charge in [0.15, 0.2) is 5.75 Å². The third-order valence-corrected chi connectivity index (χ3v) is 2.84. The van der Waals surface area contributed by atoms with Gasteiger partial charge < -0.3 is 10.5 Å². The van der Waals surface area contributed by atoms with Crippen molar-refractivity contribution >= 4 is 0 Å². The van der Waals surface area contributed by atoms with Gasteiger partial charge in [0, 0.05) is 17.8 Å². The van der Waals surface area contributed by atoms with Gasteiger partial charge >= 0.3 is 0 Å². The lowest BCUT2D eigenvalue weighted by Crippen LogP contribution is -2.03. The Morgan fingerprint density at radius 1 is 1.37 bits per heavy atom. The number of rotatable bonds is 5. The standard InChI is InChI=1S/C14H20N4O/c1-10(2)18-9-13(8-17-18)19-14-11(3)6-12(4-5-15)7-16-14/h6-10H,4-5,15H2,1-3H3.